The van der Waals surface area contributed by atoms with E-state index in [-0.39, 0.29) is 18.7 Å². The number of hydrogen-bond donors (Lipinski definition) is 2. The highest BCUT2D eigenvalue weighted by Crippen LogP contribution is 2.03. The summed E-state index contributed by atoms with van der Waals surface area (Å²) in [6.07, 6.45) is 3.59. The first-order valence-corrected chi connectivity index (χ1v) is 6.78. The van der Waals surface area contributed by atoms with Gasteiger partial charge in [0, 0.05) is 6.54 Å². The van der Waals surface area contributed by atoms with E-state index in [4.69, 9.17) is 9.84 Å². The van der Waals surface area contributed by atoms with Crippen molar-refractivity contribution in [1.82, 2.24) is 5.32 Å². The quantitative estimate of drug-likeness (QED) is 0.272. The van der Waals surface area contributed by atoms with Crippen LogP contribution in [0.25, 0.3) is 0 Å². The molecule has 0 rings (SSSR count). The van der Waals surface area contributed by atoms with Gasteiger partial charge in [-0.1, -0.05) is 25.8 Å². The van der Waals surface area contributed by atoms with Crippen LogP contribution in [0.1, 0.15) is 40.0 Å². The first-order valence-electron chi connectivity index (χ1n) is 6.78. The molecular weight excluding hydrogens is 262 g/mol. The van der Waals surface area contributed by atoms with Crippen molar-refractivity contribution in [3.05, 3.63) is 11.6 Å². The van der Waals surface area contributed by atoms with Crippen molar-refractivity contribution in [3.63, 3.8) is 0 Å². The summed E-state index contributed by atoms with van der Waals surface area (Å²) in [5, 5.41) is 11.8. The van der Waals surface area contributed by atoms with E-state index in [1.165, 1.54) is 13.0 Å². The first-order chi connectivity index (χ1) is 9.43. The van der Waals surface area contributed by atoms with Crippen molar-refractivity contribution < 1.29 is 24.2 Å². The molecule has 0 aromatic heterocycles. The number of aliphatic carboxylic acids is 1. The fraction of sp³-hybridized carbons (Fsp3) is 0.643. The van der Waals surface area contributed by atoms with E-state index in [1.807, 2.05) is 6.92 Å². The maximum Gasteiger partial charge on any atom is 0.341 e. The number of rotatable bonds is 10. The maximum absolute atomic E-state index is 11.5. The van der Waals surface area contributed by atoms with Crippen molar-refractivity contribution >= 4 is 17.7 Å². The Balaban J connectivity index is 4.57. The highest BCUT2D eigenvalue weighted by Gasteiger charge is 2.17. The number of carbonyl (C=O) groups is 3. The number of Topliss-reactive ketones (excluding diaryl/α,β-unsaturated/α-hetero) is 1. The zero-order valence-electron chi connectivity index (χ0n) is 12.3. The summed E-state index contributed by atoms with van der Waals surface area (Å²) in [5.74, 6) is -2.01. The Hall–Kier alpha value is -1.69. The molecule has 0 saturated carbocycles. The van der Waals surface area contributed by atoms with Gasteiger partial charge in [0.1, 0.15) is 6.04 Å². The average molecular weight is 285 g/mol. The second kappa shape index (κ2) is 10.1. The minimum atomic E-state index is -0.938. The van der Waals surface area contributed by atoms with E-state index in [0.29, 0.717) is 6.42 Å². The minimum Gasteiger partial charge on any atom is -0.480 e. The monoisotopic (exact) mass is 285 g/mol. The maximum atomic E-state index is 11.5. The van der Waals surface area contributed by atoms with Crippen molar-refractivity contribution in [2.24, 2.45) is 0 Å². The molecule has 0 amide bonds. The van der Waals surface area contributed by atoms with Crippen molar-refractivity contribution in [2.75, 3.05) is 13.2 Å². The average Bonchev–Trinajstić information content (AvgIpc) is 2.37. The molecule has 0 aromatic rings. The molecule has 2 N–H and O–H groups in total. The van der Waals surface area contributed by atoms with E-state index in [0.717, 1.165) is 12.8 Å². The van der Waals surface area contributed by atoms with Gasteiger partial charge in [-0.05, 0) is 20.3 Å². The lowest BCUT2D eigenvalue weighted by atomic mass is 10.1. The molecule has 114 valence electrons. The number of esters is 1. The topological polar surface area (TPSA) is 92.7 Å². The summed E-state index contributed by atoms with van der Waals surface area (Å²) in [6, 6.07) is -0.679. The molecule has 6 nitrogen and oxygen atoms in total. The molecule has 0 aliphatic rings. The van der Waals surface area contributed by atoms with Crippen LogP contribution in [-0.4, -0.2) is 42.0 Å². The normalized spacial score (nSPS) is 12.8. The van der Waals surface area contributed by atoms with Crippen LogP contribution in [0.2, 0.25) is 0 Å². The number of carboxylic acids is 1. The third kappa shape index (κ3) is 7.04. The van der Waals surface area contributed by atoms with E-state index < -0.39 is 23.8 Å². The Kier molecular flexibility index (Phi) is 9.28. The van der Waals surface area contributed by atoms with Crippen LogP contribution in [0.15, 0.2) is 11.6 Å². The van der Waals surface area contributed by atoms with Gasteiger partial charge >= 0.3 is 11.9 Å². The van der Waals surface area contributed by atoms with E-state index >= 15 is 0 Å². The van der Waals surface area contributed by atoms with Gasteiger partial charge in [0.25, 0.3) is 0 Å². The predicted molar refractivity (Wildman–Crippen MR) is 74.3 cm³/mol. The number of carbonyl (C=O) groups excluding carboxylic acids is 2. The van der Waals surface area contributed by atoms with Crippen LogP contribution in [0.4, 0.5) is 0 Å². The summed E-state index contributed by atoms with van der Waals surface area (Å²) in [4.78, 5) is 33.8. The van der Waals surface area contributed by atoms with Crippen LogP contribution in [0.5, 0.6) is 0 Å². The summed E-state index contributed by atoms with van der Waals surface area (Å²) in [6.45, 7) is 5.22. The fourth-order valence-electron chi connectivity index (χ4n) is 1.60. The van der Waals surface area contributed by atoms with Crippen molar-refractivity contribution in [3.8, 4) is 0 Å². The molecule has 0 fully saturated rings. The summed E-state index contributed by atoms with van der Waals surface area (Å²) in [5.41, 5.74) is -0.0565. The number of nitrogens with one attached hydrogen (secondary N) is 1. The van der Waals surface area contributed by atoms with E-state index in [9.17, 15) is 14.4 Å². The van der Waals surface area contributed by atoms with Gasteiger partial charge in [-0.3, -0.25) is 9.59 Å². The van der Waals surface area contributed by atoms with Gasteiger partial charge in [0.05, 0.1) is 12.2 Å². The molecule has 0 spiro atoms. The van der Waals surface area contributed by atoms with E-state index in [2.05, 4.69) is 5.32 Å². The summed E-state index contributed by atoms with van der Waals surface area (Å²) < 4.78 is 4.76. The zero-order chi connectivity index (χ0) is 15.5. The van der Waals surface area contributed by atoms with Gasteiger partial charge in [0.15, 0.2) is 5.78 Å². The lowest BCUT2D eigenvalue weighted by molar-refractivity contribution is -0.140. The van der Waals surface area contributed by atoms with Crippen LogP contribution in [-0.2, 0) is 19.1 Å². The van der Waals surface area contributed by atoms with Crippen molar-refractivity contribution in [1.29, 1.82) is 0 Å². The molecule has 0 bridgehead atoms. The molecule has 0 aromatic carbocycles. The Morgan fingerprint density at radius 2 is 1.95 bits per heavy atom. The second-order valence-corrected chi connectivity index (χ2v) is 4.34. The van der Waals surface area contributed by atoms with Crippen LogP contribution < -0.4 is 5.32 Å². The first kappa shape index (κ1) is 18.3. The molecule has 1 atom stereocenters. The molecule has 0 radical (unpaired) electrons. The Morgan fingerprint density at radius 3 is 2.40 bits per heavy atom. The van der Waals surface area contributed by atoms with Gasteiger partial charge < -0.3 is 15.2 Å². The molecular formula is C14H23NO5. The van der Waals surface area contributed by atoms with Crippen LogP contribution in [0.3, 0.4) is 0 Å². The van der Waals surface area contributed by atoms with Crippen LogP contribution in [0, 0.1) is 0 Å². The van der Waals surface area contributed by atoms with Gasteiger partial charge in [-0.15, -0.1) is 0 Å². The molecule has 0 saturated heterocycles. The smallest absolute Gasteiger partial charge is 0.341 e. The van der Waals surface area contributed by atoms with Crippen LogP contribution >= 0.6 is 0 Å². The standard InChI is InChI=1S/C14H23NO5/c1-4-6-7-12(13(17)18)15-9-8-11(10(3)16)14(19)20-5-2/h8,12,15H,4-7,9H2,1-3H3,(H,17,18)/b11-8+. The lowest BCUT2D eigenvalue weighted by Gasteiger charge is -2.12. The fourth-order valence-corrected chi connectivity index (χ4v) is 1.60. The third-order valence-electron chi connectivity index (χ3n) is 2.69. The second-order valence-electron chi connectivity index (χ2n) is 4.34. The molecule has 0 heterocycles. The Labute approximate surface area is 119 Å². The molecule has 1 unspecified atom stereocenters. The van der Waals surface area contributed by atoms with E-state index in [1.54, 1.807) is 6.92 Å². The predicted octanol–water partition coefficient (Wildman–Crippen LogP) is 1.30. The van der Waals surface area contributed by atoms with Gasteiger partial charge in [-0.25, -0.2) is 4.79 Å². The minimum absolute atomic E-state index is 0.0565. The summed E-state index contributed by atoms with van der Waals surface area (Å²) >= 11 is 0. The Bertz CT molecular complexity index is 376. The van der Waals surface area contributed by atoms with Gasteiger partial charge in [-0.2, -0.15) is 0 Å². The highest BCUT2D eigenvalue weighted by atomic mass is 16.5. The Morgan fingerprint density at radius 1 is 1.30 bits per heavy atom. The zero-order valence-corrected chi connectivity index (χ0v) is 12.3. The highest BCUT2D eigenvalue weighted by molar-refractivity contribution is 6.16. The molecule has 0 aliphatic carbocycles. The summed E-state index contributed by atoms with van der Waals surface area (Å²) in [7, 11) is 0. The number of hydrogen-bond acceptors (Lipinski definition) is 5. The van der Waals surface area contributed by atoms with Gasteiger partial charge in [0.2, 0.25) is 0 Å². The number of ketones is 1. The number of carboxylic acid groups (broad SMARTS) is 1. The third-order valence-corrected chi connectivity index (χ3v) is 2.69. The SMILES string of the molecule is CCCCC(NC/C=C(\C(C)=O)C(=O)OCC)C(=O)O. The number of unbranched alkanes of at least 4 members (excludes halogenated alkanes) is 1. The molecule has 6 heteroatoms. The number of ether oxygens (including phenoxy) is 1. The lowest BCUT2D eigenvalue weighted by Crippen LogP contribution is -2.37. The largest absolute Gasteiger partial charge is 0.480 e. The van der Waals surface area contributed by atoms with Crippen molar-refractivity contribution in [2.45, 2.75) is 46.1 Å². The molecule has 20 heavy (non-hydrogen) atoms. The molecule has 0 aliphatic heterocycles.